The molecule has 2 nitrogen and oxygen atoms in total. The third-order valence-corrected chi connectivity index (χ3v) is 3.67. The maximum absolute atomic E-state index is 13.5. The lowest BCUT2D eigenvalue weighted by Gasteiger charge is -2.09. The van der Waals surface area contributed by atoms with Crippen molar-refractivity contribution in [1.82, 2.24) is 5.32 Å². The van der Waals surface area contributed by atoms with Gasteiger partial charge in [-0.3, -0.25) is 0 Å². The number of benzene rings is 1. The molecule has 17 heavy (non-hydrogen) atoms. The summed E-state index contributed by atoms with van der Waals surface area (Å²) in [4.78, 5) is 0. The standard InChI is InChI=1S/C13H17FN2S/c1-10(17-2)5-6-16-9-12-4-3-11(8-15)7-13(12)14/h3-4,7,10,16H,5-6,9H2,1-2H3. The van der Waals surface area contributed by atoms with E-state index >= 15 is 0 Å². The maximum atomic E-state index is 13.5. The molecular weight excluding hydrogens is 235 g/mol. The Morgan fingerprint density at radius 2 is 2.29 bits per heavy atom. The molecule has 0 bridgehead atoms. The van der Waals surface area contributed by atoms with Gasteiger partial charge in [0.1, 0.15) is 5.82 Å². The zero-order chi connectivity index (χ0) is 12.7. The fourth-order valence-electron chi connectivity index (χ4n) is 1.41. The topological polar surface area (TPSA) is 35.8 Å². The van der Waals surface area contributed by atoms with Gasteiger partial charge in [0.05, 0.1) is 11.6 Å². The average Bonchev–Trinajstić information content (AvgIpc) is 2.35. The van der Waals surface area contributed by atoms with Crippen LogP contribution in [0.25, 0.3) is 0 Å². The third kappa shape index (κ3) is 4.76. The molecule has 1 N–H and O–H groups in total. The molecule has 0 aromatic heterocycles. The van der Waals surface area contributed by atoms with Crippen LogP contribution in [-0.2, 0) is 6.54 Å². The van der Waals surface area contributed by atoms with E-state index in [1.54, 1.807) is 12.1 Å². The van der Waals surface area contributed by atoms with Crippen LogP contribution in [-0.4, -0.2) is 18.1 Å². The van der Waals surface area contributed by atoms with Gasteiger partial charge in [-0.15, -0.1) is 0 Å². The zero-order valence-electron chi connectivity index (χ0n) is 10.2. The van der Waals surface area contributed by atoms with Crippen molar-refractivity contribution in [3.8, 4) is 6.07 Å². The van der Waals surface area contributed by atoms with Crippen LogP contribution in [0.2, 0.25) is 0 Å². The van der Waals surface area contributed by atoms with Gasteiger partial charge in [0.2, 0.25) is 0 Å². The maximum Gasteiger partial charge on any atom is 0.129 e. The second-order valence-electron chi connectivity index (χ2n) is 3.93. The molecule has 1 aromatic rings. The molecule has 0 amide bonds. The Morgan fingerprint density at radius 3 is 2.88 bits per heavy atom. The first-order chi connectivity index (χ1) is 8.17. The van der Waals surface area contributed by atoms with Gasteiger partial charge in [-0.25, -0.2) is 4.39 Å². The number of hydrogen-bond acceptors (Lipinski definition) is 3. The van der Waals surface area contributed by atoms with Gasteiger partial charge in [-0.1, -0.05) is 13.0 Å². The summed E-state index contributed by atoms with van der Waals surface area (Å²) in [6.07, 6.45) is 3.16. The van der Waals surface area contributed by atoms with Gasteiger partial charge in [0, 0.05) is 17.4 Å². The number of nitrogens with one attached hydrogen (secondary N) is 1. The minimum Gasteiger partial charge on any atom is -0.313 e. The number of nitriles is 1. The number of nitrogens with zero attached hydrogens (tertiary/aromatic N) is 1. The zero-order valence-corrected chi connectivity index (χ0v) is 11.0. The van der Waals surface area contributed by atoms with Crippen molar-refractivity contribution >= 4 is 11.8 Å². The van der Waals surface area contributed by atoms with Gasteiger partial charge in [0.15, 0.2) is 0 Å². The fourth-order valence-corrected chi connectivity index (χ4v) is 1.76. The van der Waals surface area contributed by atoms with Crippen LogP contribution in [0.5, 0.6) is 0 Å². The first-order valence-corrected chi connectivity index (χ1v) is 6.88. The molecule has 1 aromatic carbocycles. The van der Waals surface area contributed by atoms with Crippen LogP contribution in [0.3, 0.4) is 0 Å². The molecule has 0 spiro atoms. The summed E-state index contributed by atoms with van der Waals surface area (Å²) in [5.74, 6) is -0.311. The van der Waals surface area contributed by atoms with E-state index in [2.05, 4.69) is 18.5 Å². The lowest BCUT2D eigenvalue weighted by atomic mass is 10.1. The van der Waals surface area contributed by atoms with Gasteiger partial charge in [-0.05, 0) is 31.4 Å². The number of hydrogen-bond donors (Lipinski definition) is 1. The summed E-state index contributed by atoms with van der Waals surface area (Å²) in [6, 6.07) is 6.51. The van der Waals surface area contributed by atoms with E-state index in [1.807, 2.05) is 17.8 Å². The highest BCUT2D eigenvalue weighted by atomic mass is 32.2. The van der Waals surface area contributed by atoms with E-state index < -0.39 is 0 Å². The van der Waals surface area contributed by atoms with Gasteiger partial charge in [-0.2, -0.15) is 17.0 Å². The van der Waals surface area contributed by atoms with E-state index in [9.17, 15) is 4.39 Å². The minimum absolute atomic E-state index is 0.311. The number of rotatable bonds is 6. The smallest absolute Gasteiger partial charge is 0.129 e. The summed E-state index contributed by atoms with van der Waals surface area (Å²) in [7, 11) is 0. The summed E-state index contributed by atoms with van der Waals surface area (Å²) >= 11 is 1.83. The molecule has 0 heterocycles. The van der Waals surface area contributed by atoms with Crippen molar-refractivity contribution in [3.05, 3.63) is 35.1 Å². The predicted molar refractivity (Wildman–Crippen MR) is 70.4 cm³/mol. The Morgan fingerprint density at radius 1 is 1.53 bits per heavy atom. The van der Waals surface area contributed by atoms with Crippen LogP contribution < -0.4 is 5.32 Å². The van der Waals surface area contributed by atoms with Crippen molar-refractivity contribution in [2.24, 2.45) is 0 Å². The largest absolute Gasteiger partial charge is 0.313 e. The summed E-state index contributed by atoms with van der Waals surface area (Å²) in [5.41, 5.74) is 0.975. The van der Waals surface area contributed by atoms with Crippen molar-refractivity contribution in [3.63, 3.8) is 0 Å². The van der Waals surface area contributed by atoms with E-state index in [0.29, 0.717) is 22.9 Å². The lowest BCUT2D eigenvalue weighted by Crippen LogP contribution is -2.18. The quantitative estimate of drug-likeness (QED) is 0.791. The minimum atomic E-state index is -0.311. The van der Waals surface area contributed by atoms with Crippen molar-refractivity contribution in [2.75, 3.05) is 12.8 Å². The fraction of sp³-hybridized carbons (Fsp3) is 0.462. The molecule has 0 saturated carbocycles. The van der Waals surface area contributed by atoms with E-state index in [4.69, 9.17) is 5.26 Å². The molecule has 4 heteroatoms. The second kappa shape index (κ2) is 7.31. The van der Waals surface area contributed by atoms with Crippen LogP contribution in [0.15, 0.2) is 18.2 Å². The average molecular weight is 252 g/mol. The van der Waals surface area contributed by atoms with Gasteiger partial charge >= 0.3 is 0 Å². The van der Waals surface area contributed by atoms with E-state index in [-0.39, 0.29) is 5.82 Å². The Kier molecular flexibility index (Phi) is 6.03. The monoisotopic (exact) mass is 252 g/mol. The molecule has 1 unspecified atom stereocenters. The molecule has 1 atom stereocenters. The molecule has 0 radical (unpaired) electrons. The van der Waals surface area contributed by atoms with Crippen LogP contribution in [0.1, 0.15) is 24.5 Å². The predicted octanol–water partition coefficient (Wildman–Crippen LogP) is 2.93. The first kappa shape index (κ1) is 14.0. The highest BCUT2D eigenvalue weighted by molar-refractivity contribution is 7.99. The second-order valence-corrected chi connectivity index (χ2v) is 5.21. The summed E-state index contributed by atoms with van der Waals surface area (Å²) < 4.78 is 13.5. The third-order valence-electron chi connectivity index (χ3n) is 2.63. The van der Waals surface area contributed by atoms with Crippen molar-refractivity contribution in [2.45, 2.75) is 25.1 Å². The molecule has 1 rings (SSSR count). The van der Waals surface area contributed by atoms with Crippen molar-refractivity contribution < 1.29 is 4.39 Å². The van der Waals surface area contributed by atoms with Gasteiger partial charge in [0.25, 0.3) is 0 Å². The van der Waals surface area contributed by atoms with Crippen molar-refractivity contribution in [1.29, 1.82) is 5.26 Å². The Labute approximate surface area is 106 Å². The number of halogens is 1. The lowest BCUT2D eigenvalue weighted by molar-refractivity contribution is 0.581. The summed E-state index contributed by atoms with van der Waals surface area (Å²) in [5, 5.41) is 12.4. The molecule has 92 valence electrons. The van der Waals surface area contributed by atoms with E-state index in [1.165, 1.54) is 6.07 Å². The van der Waals surface area contributed by atoms with Crippen LogP contribution in [0, 0.1) is 17.1 Å². The van der Waals surface area contributed by atoms with Crippen LogP contribution >= 0.6 is 11.8 Å². The molecule has 0 fully saturated rings. The molecule has 0 aliphatic carbocycles. The first-order valence-electron chi connectivity index (χ1n) is 5.59. The van der Waals surface area contributed by atoms with E-state index in [0.717, 1.165) is 13.0 Å². The highest BCUT2D eigenvalue weighted by Crippen LogP contribution is 2.11. The molecule has 0 aliphatic rings. The number of thioether (sulfide) groups is 1. The summed E-state index contributed by atoms with van der Waals surface area (Å²) in [6.45, 7) is 3.56. The normalized spacial score (nSPS) is 12.1. The molecular formula is C13H17FN2S. The molecule has 0 saturated heterocycles. The van der Waals surface area contributed by atoms with Crippen LogP contribution in [0.4, 0.5) is 4.39 Å². The SMILES string of the molecule is CSC(C)CCNCc1ccc(C#N)cc1F. The highest BCUT2D eigenvalue weighted by Gasteiger charge is 2.03. The Balaban J connectivity index is 2.40. The Hall–Kier alpha value is -1.05. The van der Waals surface area contributed by atoms with Gasteiger partial charge < -0.3 is 5.32 Å². The Bertz CT molecular complexity index is 401. The molecule has 0 aliphatic heterocycles.